The minimum absolute atomic E-state index is 0.0631. The summed E-state index contributed by atoms with van der Waals surface area (Å²) < 4.78 is 5.29. The summed E-state index contributed by atoms with van der Waals surface area (Å²) in [6.45, 7) is 4.14. The van der Waals surface area contributed by atoms with Crippen LogP contribution in [0.3, 0.4) is 0 Å². The molecule has 2 aromatic rings. The molecule has 1 heterocycles. The van der Waals surface area contributed by atoms with E-state index in [0.29, 0.717) is 17.8 Å². The highest BCUT2D eigenvalue weighted by Crippen LogP contribution is 2.22. The fourth-order valence-electron chi connectivity index (χ4n) is 3.28. The Hall–Kier alpha value is -3.68. The van der Waals surface area contributed by atoms with Crippen molar-refractivity contribution in [1.82, 2.24) is 4.90 Å². The van der Waals surface area contributed by atoms with Gasteiger partial charge < -0.3 is 20.7 Å². The second-order valence-electron chi connectivity index (χ2n) is 7.67. The number of anilines is 1. The highest BCUT2D eigenvalue weighted by molar-refractivity contribution is 5.97. The van der Waals surface area contributed by atoms with Crippen LogP contribution in [0.25, 0.3) is 0 Å². The van der Waals surface area contributed by atoms with Crippen molar-refractivity contribution in [3.8, 4) is 0 Å². The number of nitrogens with two attached hydrogens (primary N) is 1. The van der Waals surface area contributed by atoms with Crippen molar-refractivity contribution in [3.05, 3.63) is 65.2 Å². The zero-order valence-electron chi connectivity index (χ0n) is 17.5. The van der Waals surface area contributed by atoms with Crippen LogP contribution in [0.15, 0.2) is 48.5 Å². The van der Waals surface area contributed by atoms with Gasteiger partial charge in [-0.3, -0.25) is 19.2 Å². The van der Waals surface area contributed by atoms with Crippen molar-refractivity contribution in [2.24, 2.45) is 11.7 Å². The van der Waals surface area contributed by atoms with E-state index in [2.05, 4.69) is 5.32 Å². The van der Waals surface area contributed by atoms with Crippen LogP contribution in [0.4, 0.5) is 5.69 Å². The Bertz CT molecular complexity index is 985. The molecule has 0 aromatic heterocycles. The van der Waals surface area contributed by atoms with Gasteiger partial charge in [0.1, 0.15) is 0 Å². The molecule has 1 aliphatic heterocycles. The zero-order chi connectivity index (χ0) is 22.5. The molecule has 0 spiro atoms. The molecule has 8 nitrogen and oxygen atoms in total. The number of amides is 3. The first-order valence-corrected chi connectivity index (χ1v) is 9.97. The first-order valence-electron chi connectivity index (χ1n) is 9.97. The zero-order valence-corrected chi connectivity index (χ0v) is 17.5. The van der Waals surface area contributed by atoms with Crippen LogP contribution in [-0.4, -0.2) is 41.2 Å². The van der Waals surface area contributed by atoms with Gasteiger partial charge in [-0.2, -0.15) is 0 Å². The molecule has 3 N–H and O–H groups in total. The number of carbonyl (C=O) groups excluding carboxylic acids is 4. The van der Waals surface area contributed by atoms with E-state index in [-0.39, 0.29) is 18.9 Å². The predicted octanol–water partition coefficient (Wildman–Crippen LogP) is 2.01. The van der Waals surface area contributed by atoms with Crippen LogP contribution in [0.1, 0.15) is 34.8 Å². The van der Waals surface area contributed by atoms with Crippen LogP contribution in [0.5, 0.6) is 0 Å². The molecule has 1 fully saturated rings. The fraction of sp³-hybridized carbons (Fsp3) is 0.304. The van der Waals surface area contributed by atoms with Gasteiger partial charge in [-0.1, -0.05) is 29.8 Å². The third kappa shape index (κ3) is 5.69. The number of primary amides is 1. The molecule has 0 saturated carbocycles. The summed E-state index contributed by atoms with van der Waals surface area (Å²) in [4.78, 5) is 49.8. The molecule has 3 amide bonds. The van der Waals surface area contributed by atoms with Gasteiger partial charge in [0.15, 0.2) is 6.10 Å². The molecule has 1 aliphatic rings. The maximum atomic E-state index is 12.5. The molecule has 0 bridgehead atoms. The molecular formula is C23H25N3O5. The van der Waals surface area contributed by atoms with Gasteiger partial charge in [0.25, 0.3) is 5.91 Å². The number of aryl methyl sites for hydroxylation is 1. The van der Waals surface area contributed by atoms with E-state index in [4.69, 9.17) is 10.5 Å². The second-order valence-corrected chi connectivity index (χ2v) is 7.67. The average molecular weight is 423 g/mol. The van der Waals surface area contributed by atoms with Crippen molar-refractivity contribution in [3.63, 3.8) is 0 Å². The minimum atomic E-state index is -1.04. The predicted molar refractivity (Wildman–Crippen MR) is 114 cm³/mol. The van der Waals surface area contributed by atoms with E-state index >= 15 is 0 Å². The Morgan fingerprint density at radius 1 is 1.13 bits per heavy atom. The minimum Gasteiger partial charge on any atom is -0.452 e. The molecule has 162 valence electrons. The summed E-state index contributed by atoms with van der Waals surface area (Å²) in [5, 5.41) is 2.61. The van der Waals surface area contributed by atoms with Crippen LogP contribution < -0.4 is 11.1 Å². The van der Waals surface area contributed by atoms with Crippen LogP contribution in [0, 0.1) is 12.8 Å². The molecule has 0 radical (unpaired) electrons. The van der Waals surface area contributed by atoms with E-state index in [1.165, 1.54) is 31.2 Å². The van der Waals surface area contributed by atoms with Gasteiger partial charge in [-0.15, -0.1) is 0 Å². The molecule has 0 aliphatic carbocycles. The number of hydrogen-bond donors (Lipinski definition) is 2. The van der Waals surface area contributed by atoms with E-state index in [1.54, 1.807) is 4.90 Å². The second kappa shape index (κ2) is 9.42. The van der Waals surface area contributed by atoms with Crippen LogP contribution in [-0.2, 0) is 25.7 Å². The molecule has 8 heteroatoms. The molecule has 0 unspecified atom stereocenters. The van der Waals surface area contributed by atoms with E-state index in [0.717, 1.165) is 11.1 Å². The van der Waals surface area contributed by atoms with Gasteiger partial charge in [-0.05, 0) is 43.7 Å². The van der Waals surface area contributed by atoms with Gasteiger partial charge in [-0.25, -0.2) is 0 Å². The van der Waals surface area contributed by atoms with Crippen molar-refractivity contribution in [1.29, 1.82) is 0 Å². The normalized spacial score (nSPS) is 16.6. The summed E-state index contributed by atoms with van der Waals surface area (Å²) in [5.41, 5.74) is 8.07. The lowest BCUT2D eigenvalue weighted by molar-refractivity contribution is -0.157. The summed E-state index contributed by atoms with van der Waals surface area (Å²) in [6.07, 6.45) is -0.974. The molecule has 3 rings (SSSR count). The quantitative estimate of drug-likeness (QED) is 0.661. The molecule has 31 heavy (non-hydrogen) atoms. The summed E-state index contributed by atoms with van der Waals surface area (Å²) in [7, 11) is 0. The molecule has 2 atom stereocenters. The van der Waals surface area contributed by atoms with Crippen molar-refractivity contribution >= 4 is 29.4 Å². The fourth-order valence-corrected chi connectivity index (χ4v) is 3.28. The molecular weight excluding hydrogens is 398 g/mol. The van der Waals surface area contributed by atoms with Crippen molar-refractivity contribution in [2.75, 3.05) is 11.9 Å². The summed E-state index contributed by atoms with van der Waals surface area (Å²) in [5.74, 6) is -2.38. The Labute approximate surface area is 180 Å². The maximum absolute atomic E-state index is 12.5. The Kier molecular flexibility index (Phi) is 6.69. The third-order valence-corrected chi connectivity index (χ3v) is 5.14. The number of hydrogen-bond acceptors (Lipinski definition) is 5. The van der Waals surface area contributed by atoms with Gasteiger partial charge in [0, 0.05) is 30.8 Å². The first-order chi connectivity index (χ1) is 14.7. The van der Waals surface area contributed by atoms with E-state index < -0.39 is 29.8 Å². The lowest BCUT2D eigenvalue weighted by Gasteiger charge is -2.18. The molecule has 1 saturated heterocycles. The van der Waals surface area contributed by atoms with Gasteiger partial charge >= 0.3 is 5.97 Å². The SMILES string of the molecule is Cc1ccc(CN2C[C@@H](C(=O)O[C@@H](C)C(=O)Nc3ccc(C(N)=O)cc3)CC2=O)cc1. The third-order valence-electron chi connectivity index (χ3n) is 5.14. The van der Waals surface area contributed by atoms with Crippen LogP contribution in [0.2, 0.25) is 0 Å². The first kappa shape index (κ1) is 22.0. The maximum Gasteiger partial charge on any atom is 0.312 e. The number of ether oxygens (including phenoxy) is 1. The highest BCUT2D eigenvalue weighted by Gasteiger charge is 2.36. The number of benzene rings is 2. The number of nitrogens with zero attached hydrogens (tertiary/aromatic N) is 1. The standard InChI is InChI=1S/C23H25N3O5/c1-14-3-5-16(6-4-14)12-26-13-18(11-20(26)27)23(30)31-15(2)22(29)25-19-9-7-17(8-10-19)21(24)28/h3-10,15,18H,11-13H2,1-2H3,(H2,24,28)(H,25,29)/t15-,18-/m0/s1. The van der Waals surface area contributed by atoms with E-state index in [1.807, 2.05) is 31.2 Å². The number of rotatable bonds is 7. The summed E-state index contributed by atoms with van der Waals surface area (Å²) >= 11 is 0. The Morgan fingerprint density at radius 3 is 2.39 bits per heavy atom. The van der Waals surface area contributed by atoms with Gasteiger partial charge in [0.05, 0.1) is 5.92 Å². The van der Waals surface area contributed by atoms with Gasteiger partial charge in [0.2, 0.25) is 11.8 Å². The number of likely N-dealkylation sites (tertiary alicyclic amines) is 1. The van der Waals surface area contributed by atoms with E-state index in [9.17, 15) is 19.2 Å². The lowest BCUT2D eigenvalue weighted by Crippen LogP contribution is -2.33. The highest BCUT2D eigenvalue weighted by atomic mass is 16.5. The number of nitrogens with one attached hydrogen (secondary N) is 1. The monoisotopic (exact) mass is 423 g/mol. The van der Waals surface area contributed by atoms with Crippen molar-refractivity contribution < 1.29 is 23.9 Å². The topological polar surface area (TPSA) is 119 Å². The molecule has 2 aromatic carbocycles. The number of esters is 1. The number of carbonyl (C=O) groups is 4. The Morgan fingerprint density at radius 2 is 1.77 bits per heavy atom. The average Bonchev–Trinajstić information content (AvgIpc) is 3.10. The lowest BCUT2D eigenvalue weighted by atomic mass is 10.1. The van der Waals surface area contributed by atoms with Crippen LogP contribution >= 0.6 is 0 Å². The Balaban J connectivity index is 1.51. The largest absolute Gasteiger partial charge is 0.452 e. The smallest absolute Gasteiger partial charge is 0.312 e. The van der Waals surface area contributed by atoms with Crippen molar-refractivity contribution in [2.45, 2.75) is 32.9 Å². The summed E-state index contributed by atoms with van der Waals surface area (Å²) in [6, 6.07) is 13.9.